The predicted molar refractivity (Wildman–Crippen MR) is 178 cm³/mol. The lowest BCUT2D eigenvalue weighted by atomic mass is 10.1. The van der Waals surface area contributed by atoms with Gasteiger partial charge in [-0.15, -0.1) is 0 Å². The number of quaternary nitrogens is 1. The first-order chi connectivity index (χ1) is 21.0. The molecule has 0 radical (unpaired) electrons. The van der Waals surface area contributed by atoms with Gasteiger partial charge in [0.25, 0.3) is 0 Å². The van der Waals surface area contributed by atoms with Crippen molar-refractivity contribution in [1.82, 2.24) is 0 Å². The molecular formula is C34H67NO8P+. The Balaban J connectivity index is 4.51. The Hall–Kier alpha value is -1.25. The molecule has 0 aromatic rings. The van der Waals surface area contributed by atoms with Crippen molar-refractivity contribution < 1.29 is 42.1 Å². The lowest BCUT2D eigenvalue weighted by Gasteiger charge is -2.24. The number of likely N-dealkylation sites (N-methyl/N-ethyl adjacent to an activating group) is 1. The number of carbonyl (C=O) groups excluding carboxylic acids is 2. The van der Waals surface area contributed by atoms with Gasteiger partial charge in [0.15, 0.2) is 6.10 Å². The van der Waals surface area contributed by atoms with Gasteiger partial charge in [-0.2, -0.15) is 0 Å². The molecule has 0 spiro atoms. The molecule has 0 aliphatic rings. The van der Waals surface area contributed by atoms with Crippen LogP contribution in [0.25, 0.3) is 0 Å². The molecular weight excluding hydrogens is 581 g/mol. The Morgan fingerprint density at radius 2 is 1.18 bits per heavy atom. The number of ether oxygens (including phenoxy) is 2. The van der Waals surface area contributed by atoms with Gasteiger partial charge in [-0.3, -0.25) is 18.6 Å². The zero-order valence-electron chi connectivity index (χ0n) is 28.9. The van der Waals surface area contributed by atoms with Crippen LogP contribution in [0.15, 0.2) is 12.2 Å². The van der Waals surface area contributed by atoms with Crippen molar-refractivity contribution in [3.63, 3.8) is 0 Å². The maximum atomic E-state index is 12.5. The van der Waals surface area contributed by atoms with E-state index in [1.807, 2.05) is 21.1 Å². The number of esters is 2. The maximum absolute atomic E-state index is 12.5. The Morgan fingerprint density at radius 3 is 1.75 bits per heavy atom. The molecule has 0 saturated carbocycles. The highest BCUT2D eigenvalue weighted by Crippen LogP contribution is 2.43. The van der Waals surface area contributed by atoms with Crippen LogP contribution in [0.5, 0.6) is 0 Å². The molecule has 0 aliphatic carbocycles. The fourth-order valence-corrected chi connectivity index (χ4v) is 5.20. The Morgan fingerprint density at radius 1 is 0.682 bits per heavy atom. The Kier molecular flexibility index (Phi) is 27.2. The normalized spacial score (nSPS) is 14.0. The van der Waals surface area contributed by atoms with E-state index in [-0.39, 0.29) is 25.6 Å². The van der Waals surface area contributed by atoms with Crippen LogP contribution in [-0.4, -0.2) is 74.9 Å². The average molecular weight is 649 g/mol. The highest BCUT2D eigenvalue weighted by Gasteiger charge is 2.27. The summed E-state index contributed by atoms with van der Waals surface area (Å²) in [6.07, 6.45) is 24.1. The summed E-state index contributed by atoms with van der Waals surface area (Å²) in [5.41, 5.74) is 0. The number of phosphoric ester groups is 1. The zero-order valence-corrected chi connectivity index (χ0v) is 29.8. The van der Waals surface area contributed by atoms with Crippen molar-refractivity contribution in [2.45, 2.75) is 148 Å². The molecule has 9 nitrogen and oxygen atoms in total. The summed E-state index contributed by atoms with van der Waals surface area (Å²) in [5, 5.41) is 0. The van der Waals surface area contributed by atoms with Crippen molar-refractivity contribution >= 4 is 19.8 Å². The minimum atomic E-state index is -4.36. The molecule has 0 saturated heterocycles. The number of unbranched alkanes of at least 4 members (excludes halogenated alkanes) is 15. The van der Waals surface area contributed by atoms with E-state index in [2.05, 4.69) is 26.0 Å². The van der Waals surface area contributed by atoms with Crippen LogP contribution in [0.4, 0.5) is 0 Å². The van der Waals surface area contributed by atoms with Crippen molar-refractivity contribution in [3.8, 4) is 0 Å². The molecule has 0 amide bonds. The number of hydrogen-bond donors (Lipinski definition) is 1. The second-order valence-electron chi connectivity index (χ2n) is 12.9. The van der Waals surface area contributed by atoms with Gasteiger partial charge in [0.05, 0.1) is 27.7 Å². The van der Waals surface area contributed by atoms with Crippen molar-refractivity contribution in [1.29, 1.82) is 0 Å². The van der Waals surface area contributed by atoms with Crippen molar-refractivity contribution in [2.75, 3.05) is 47.5 Å². The van der Waals surface area contributed by atoms with Crippen LogP contribution in [0.2, 0.25) is 0 Å². The SMILES string of the molecule is CCCC/C=C\CCCCCCCC(=O)O[C@@H](COC(=O)CCCCCCCCCCC)COP(=O)(O)OCC[N+](C)(C)C. The van der Waals surface area contributed by atoms with Crippen molar-refractivity contribution in [2.24, 2.45) is 0 Å². The van der Waals surface area contributed by atoms with Gasteiger partial charge in [0.2, 0.25) is 0 Å². The summed E-state index contributed by atoms with van der Waals surface area (Å²) in [6, 6.07) is 0. The summed E-state index contributed by atoms with van der Waals surface area (Å²) < 4.78 is 34.0. The van der Waals surface area contributed by atoms with Crippen LogP contribution in [0.3, 0.4) is 0 Å². The van der Waals surface area contributed by atoms with E-state index in [0.717, 1.165) is 57.8 Å². The monoisotopic (exact) mass is 648 g/mol. The second kappa shape index (κ2) is 28.0. The highest BCUT2D eigenvalue weighted by molar-refractivity contribution is 7.47. The number of nitrogens with zero attached hydrogens (tertiary/aromatic N) is 1. The van der Waals surface area contributed by atoms with Gasteiger partial charge >= 0.3 is 19.8 Å². The first kappa shape index (κ1) is 42.8. The van der Waals surface area contributed by atoms with Crippen LogP contribution >= 0.6 is 7.82 Å². The smallest absolute Gasteiger partial charge is 0.462 e. The van der Waals surface area contributed by atoms with Crippen LogP contribution in [-0.2, 0) is 32.7 Å². The minimum Gasteiger partial charge on any atom is -0.462 e. The Labute approximate surface area is 269 Å². The average Bonchev–Trinajstić information content (AvgIpc) is 2.95. The Bertz CT molecular complexity index is 784. The van der Waals surface area contributed by atoms with Gasteiger partial charge in [-0.25, -0.2) is 4.57 Å². The van der Waals surface area contributed by atoms with Gasteiger partial charge in [-0.05, 0) is 32.1 Å². The molecule has 1 unspecified atom stereocenters. The molecule has 10 heteroatoms. The van der Waals surface area contributed by atoms with E-state index in [1.165, 1.54) is 51.4 Å². The molecule has 0 aromatic heterocycles. The van der Waals surface area contributed by atoms with Gasteiger partial charge in [0.1, 0.15) is 19.8 Å². The molecule has 0 rings (SSSR count). The maximum Gasteiger partial charge on any atom is 0.472 e. The van der Waals surface area contributed by atoms with Crippen LogP contribution in [0.1, 0.15) is 142 Å². The molecule has 0 heterocycles. The largest absolute Gasteiger partial charge is 0.472 e. The first-order valence-corrected chi connectivity index (χ1v) is 18.9. The molecule has 2 atom stereocenters. The summed E-state index contributed by atoms with van der Waals surface area (Å²) in [5.74, 6) is -0.813. The third-order valence-electron chi connectivity index (χ3n) is 7.30. The predicted octanol–water partition coefficient (Wildman–Crippen LogP) is 8.68. The summed E-state index contributed by atoms with van der Waals surface area (Å²) in [7, 11) is 1.47. The molecule has 260 valence electrons. The third-order valence-corrected chi connectivity index (χ3v) is 8.28. The van der Waals surface area contributed by atoms with E-state index in [4.69, 9.17) is 18.5 Å². The van der Waals surface area contributed by atoms with E-state index in [1.54, 1.807) is 0 Å². The van der Waals surface area contributed by atoms with Crippen molar-refractivity contribution in [3.05, 3.63) is 12.2 Å². The van der Waals surface area contributed by atoms with Gasteiger partial charge in [-0.1, -0.05) is 109 Å². The standard InChI is InChI=1S/C34H66NO8P/c1-6-8-10-12-14-16-17-19-21-23-25-27-34(37)43-32(31-42-44(38,39)41-29-28-35(3,4)5)30-40-33(36)26-24-22-20-18-15-13-11-9-7-2/h12,14,32H,6-11,13,15-31H2,1-5H3/p+1/b14-12-/t32-/m0/s1. The number of phosphoric acid groups is 1. The minimum absolute atomic E-state index is 0.0323. The summed E-state index contributed by atoms with van der Waals surface area (Å²) >= 11 is 0. The van der Waals surface area contributed by atoms with Crippen LogP contribution in [0, 0.1) is 0 Å². The van der Waals surface area contributed by atoms with Crippen LogP contribution < -0.4 is 0 Å². The third kappa shape index (κ3) is 30.8. The van der Waals surface area contributed by atoms with Gasteiger partial charge in [0, 0.05) is 12.8 Å². The van der Waals surface area contributed by atoms with E-state index >= 15 is 0 Å². The number of allylic oxidation sites excluding steroid dienone is 2. The topological polar surface area (TPSA) is 108 Å². The molecule has 0 aromatic carbocycles. The van der Waals surface area contributed by atoms with E-state index in [9.17, 15) is 19.0 Å². The molecule has 44 heavy (non-hydrogen) atoms. The number of carbonyl (C=O) groups is 2. The number of rotatable bonds is 31. The molecule has 0 fully saturated rings. The first-order valence-electron chi connectivity index (χ1n) is 17.4. The quantitative estimate of drug-likeness (QED) is 0.0262. The zero-order chi connectivity index (χ0) is 32.9. The lowest BCUT2D eigenvalue weighted by Crippen LogP contribution is -2.37. The highest BCUT2D eigenvalue weighted by atomic mass is 31.2. The summed E-state index contributed by atoms with van der Waals surface area (Å²) in [4.78, 5) is 34.9. The molecule has 0 aliphatic heterocycles. The molecule has 0 bridgehead atoms. The molecule has 1 N–H and O–H groups in total. The van der Waals surface area contributed by atoms with Gasteiger partial charge < -0.3 is 18.9 Å². The fraction of sp³-hybridized carbons (Fsp3) is 0.882. The lowest BCUT2D eigenvalue weighted by molar-refractivity contribution is -0.870. The van der Waals surface area contributed by atoms with E-state index < -0.39 is 26.5 Å². The fourth-order valence-electron chi connectivity index (χ4n) is 4.46. The second-order valence-corrected chi connectivity index (χ2v) is 14.4. The summed E-state index contributed by atoms with van der Waals surface area (Å²) in [6.45, 7) is 4.32. The number of hydrogen-bond acceptors (Lipinski definition) is 7. The van der Waals surface area contributed by atoms with E-state index in [0.29, 0.717) is 23.9 Å².